The van der Waals surface area contributed by atoms with E-state index in [2.05, 4.69) is 4.98 Å². The number of aromatic nitrogens is 1. The summed E-state index contributed by atoms with van der Waals surface area (Å²) in [7, 11) is 0. The number of hydrogen-bond acceptors (Lipinski definition) is 1. The van der Waals surface area contributed by atoms with Crippen molar-refractivity contribution in [3.63, 3.8) is 0 Å². The van der Waals surface area contributed by atoms with Crippen LogP contribution in [0.3, 0.4) is 0 Å². The van der Waals surface area contributed by atoms with E-state index in [1.165, 1.54) is 12.0 Å². The number of nitrogens with zero attached hydrogens (tertiary/aromatic N) is 1. The zero-order valence-electron chi connectivity index (χ0n) is 18.3. The third-order valence-electron chi connectivity index (χ3n) is 3.23. The summed E-state index contributed by atoms with van der Waals surface area (Å²) in [6.07, 6.45) is 2.16. The van der Waals surface area contributed by atoms with Crippen molar-refractivity contribution >= 4 is 17.7 Å². The molecule has 1 aromatic heterocycles. The van der Waals surface area contributed by atoms with Gasteiger partial charge in [-0.3, -0.25) is 0 Å². The molecule has 1 heterocycles. The molecule has 0 aliphatic carbocycles. The molecule has 0 bridgehead atoms. The molecule has 2 heteroatoms. The van der Waals surface area contributed by atoms with Gasteiger partial charge in [-0.05, 0) is 0 Å². The first-order valence-corrected chi connectivity index (χ1v) is 12.2. The van der Waals surface area contributed by atoms with Gasteiger partial charge in [0.2, 0.25) is 0 Å². The van der Waals surface area contributed by atoms with E-state index in [4.69, 9.17) is 8.22 Å². The van der Waals surface area contributed by atoms with Crippen molar-refractivity contribution in [3.05, 3.63) is 48.2 Å². The van der Waals surface area contributed by atoms with Crippen LogP contribution in [0.25, 0.3) is 11.3 Å². The average Bonchev–Trinajstić information content (AvgIpc) is 2.52. The molecule has 0 saturated carbocycles. The summed E-state index contributed by atoms with van der Waals surface area (Å²) in [6, 6.07) is 11.5. The fourth-order valence-electron chi connectivity index (χ4n) is 2.32. The molecule has 0 aliphatic rings. The number of hydrogen-bond donors (Lipinski definition) is 0. The van der Waals surface area contributed by atoms with Gasteiger partial charge in [0.15, 0.2) is 0 Å². The molecular formula is C18H25GeN. The third-order valence-corrected chi connectivity index (χ3v) is 6.43. The second-order valence-electron chi connectivity index (χ2n) is 5.82. The monoisotopic (exact) mass is 335 g/mol. The fraction of sp³-hybridized carbons (Fsp3) is 0.389. The predicted octanol–water partition coefficient (Wildman–Crippen LogP) is 4.49. The van der Waals surface area contributed by atoms with Crippen LogP contribution in [0, 0.1) is 5.92 Å². The molecule has 0 N–H and O–H groups in total. The van der Waals surface area contributed by atoms with E-state index in [1.807, 2.05) is 50.2 Å². The molecule has 0 spiro atoms. The van der Waals surface area contributed by atoms with Gasteiger partial charge in [0.05, 0.1) is 0 Å². The average molecular weight is 334 g/mol. The molecule has 0 amide bonds. The first kappa shape index (κ1) is 9.04. The van der Waals surface area contributed by atoms with Gasteiger partial charge in [-0.15, -0.1) is 0 Å². The van der Waals surface area contributed by atoms with Crippen LogP contribution in [-0.2, 0) is 6.42 Å². The van der Waals surface area contributed by atoms with E-state index < -0.39 is 24.6 Å². The zero-order valence-corrected chi connectivity index (χ0v) is 14.4. The normalized spacial score (nSPS) is 17.6. The molecule has 0 saturated heterocycles. The molecule has 0 atom stereocenters. The Morgan fingerprint density at radius 2 is 1.90 bits per heavy atom. The number of rotatable bonds is 4. The van der Waals surface area contributed by atoms with E-state index >= 15 is 0 Å². The van der Waals surface area contributed by atoms with E-state index in [-0.39, 0.29) is 5.92 Å². The summed E-state index contributed by atoms with van der Waals surface area (Å²) in [4.78, 5) is 4.46. The van der Waals surface area contributed by atoms with Crippen LogP contribution in [0.5, 0.6) is 0 Å². The van der Waals surface area contributed by atoms with E-state index in [1.54, 1.807) is 0 Å². The molecule has 0 unspecified atom stereocenters. The Hall–Kier alpha value is -1.09. The first-order valence-electron chi connectivity index (χ1n) is 9.93. The minimum atomic E-state index is -4.47. The third kappa shape index (κ3) is 3.72. The minimum absolute atomic E-state index is 0.277. The van der Waals surface area contributed by atoms with Crippen LogP contribution in [0.4, 0.5) is 0 Å². The van der Waals surface area contributed by atoms with Gasteiger partial charge >= 0.3 is 134 Å². The Kier molecular flexibility index (Phi) is 2.77. The topological polar surface area (TPSA) is 12.9 Å². The van der Waals surface area contributed by atoms with Gasteiger partial charge < -0.3 is 0 Å². The molecule has 106 valence electrons. The number of benzene rings is 1. The zero-order chi connectivity index (χ0) is 19.8. The van der Waals surface area contributed by atoms with Crippen molar-refractivity contribution in [2.75, 3.05) is 0 Å². The summed E-state index contributed by atoms with van der Waals surface area (Å²) < 4.78 is 48.5. The van der Waals surface area contributed by atoms with Crippen molar-refractivity contribution in [2.24, 2.45) is 5.92 Å². The Morgan fingerprint density at radius 3 is 2.50 bits per heavy atom. The Labute approximate surface area is 134 Å². The first-order chi connectivity index (χ1) is 11.9. The molecule has 20 heavy (non-hydrogen) atoms. The van der Waals surface area contributed by atoms with E-state index in [9.17, 15) is 0 Å². The van der Waals surface area contributed by atoms with Gasteiger partial charge in [0.1, 0.15) is 0 Å². The second-order valence-corrected chi connectivity index (χ2v) is 11.7. The maximum absolute atomic E-state index is 8.00. The molecule has 1 aromatic carbocycles. The van der Waals surface area contributed by atoms with Crippen LogP contribution in [-0.4, -0.2) is 18.3 Å². The van der Waals surface area contributed by atoms with E-state index in [0.29, 0.717) is 10.8 Å². The van der Waals surface area contributed by atoms with Crippen LogP contribution in [0.1, 0.15) is 27.6 Å². The molecule has 2 rings (SSSR count). The summed E-state index contributed by atoms with van der Waals surface area (Å²) in [5.74, 6) is 1.77. The Balaban J connectivity index is 2.71. The van der Waals surface area contributed by atoms with Crippen LogP contribution >= 0.6 is 0 Å². The van der Waals surface area contributed by atoms with Crippen molar-refractivity contribution in [3.8, 4) is 11.3 Å². The molecular weight excluding hydrogens is 303 g/mol. The van der Waals surface area contributed by atoms with Gasteiger partial charge in [0.25, 0.3) is 0 Å². The number of pyridine rings is 1. The van der Waals surface area contributed by atoms with Gasteiger partial charge in [0, 0.05) is 0 Å². The Morgan fingerprint density at radius 1 is 1.20 bits per heavy atom. The second kappa shape index (κ2) is 6.13. The van der Waals surface area contributed by atoms with Crippen LogP contribution in [0.2, 0.25) is 17.1 Å². The van der Waals surface area contributed by atoms with Crippen LogP contribution in [0.15, 0.2) is 42.6 Å². The van der Waals surface area contributed by atoms with Crippen molar-refractivity contribution < 1.29 is 8.22 Å². The summed E-state index contributed by atoms with van der Waals surface area (Å²) in [6.45, 7) is 4.09. The summed E-state index contributed by atoms with van der Waals surface area (Å²) in [5.41, 5.74) is -2.50. The Bertz CT molecular complexity index is 739. The fourth-order valence-corrected chi connectivity index (χ4v) is 4.71. The van der Waals surface area contributed by atoms with E-state index in [0.717, 1.165) is 16.8 Å². The predicted molar refractivity (Wildman–Crippen MR) is 91.2 cm³/mol. The van der Waals surface area contributed by atoms with Gasteiger partial charge in [-0.25, -0.2) is 0 Å². The summed E-state index contributed by atoms with van der Waals surface area (Å²) >= 11 is -4.47. The SMILES string of the molecule is [2H][C]([2H])([2H])[Ge]([CH3])([c]1cnc(-c2ccccc2)cc1CC(C)C)[C]([2H])([2H])[2H]. The van der Waals surface area contributed by atoms with Gasteiger partial charge in [-0.1, -0.05) is 0 Å². The molecule has 0 radical (unpaired) electrons. The van der Waals surface area contributed by atoms with Crippen molar-refractivity contribution in [1.82, 2.24) is 4.98 Å². The molecule has 0 aliphatic heterocycles. The quantitative estimate of drug-likeness (QED) is 0.751. The van der Waals surface area contributed by atoms with Crippen molar-refractivity contribution in [1.29, 1.82) is 0 Å². The van der Waals surface area contributed by atoms with Gasteiger partial charge in [-0.2, -0.15) is 0 Å². The van der Waals surface area contributed by atoms with Crippen molar-refractivity contribution in [2.45, 2.75) is 37.4 Å². The molecule has 1 nitrogen and oxygen atoms in total. The standard InChI is InChI=1S/C18H25GeN/c1-14(2)11-16-12-18(15-9-7-6-8-10-15)20-13-17(16)19(3,4)5/h6-10,12-14H,11H2,1-5H3/i3D3,4D3. The van der Waals surface area contributed by atoms with Crippen LogP contribution < -0.4 is 4.40 Å². The molecule has 0 fully saturated rings. The maximum atomic E-state index is 8.00. The molecule has 2 aromatic rings. The summed E-state index contributed by atoms with van der Waals surface area (Å²) in [5, 5.41) is 0.